The van der Waals surface area contributed by atoms with Gasteiger partial charge in [0.25, 0.3) is 0 Å². The highest BCUT2D eigenvalue weighted by molar-refractivity contribution is 7.09. The van der Waals surface area contributed by atoms with Crippen molar-refractivity contribution in [2.24, 2.45) is 5.73 Å². The molecule has 1 atom stereocenters. The molecule has 0 aromatic carbocycles. The molecule has 3 N–H and O–H groups in total. The summed E-state index contributed by atoms with van der Waals surface area (Å²) in [6.45, 7) is 2.35. The van der Waals surface area contributed by atoms with Gasteiger partial charge in [0.05, 0.1) is 6.04 Å². The number of carbonyl (C=O) groups is 1. The zero-order valence-corrected chi connectivity index (χ0v) is 8.43. The van der Waals surface area contributed by atoms with Crippen molar-refractivity contribution in [1.29, 1.82) is 0 Å². The lowest BCUT2D eigenvalue weighted by Crippen LogP contribution is -2.39. The van der Waals surface area contributed by atoms with E-state index in [9.17, 15) is 4.79 Å². The molecule has 13 heavy (non-hydrogen) atoms. The van der Waals surface area contributed by atoms with Gasteiger partial charge in [-0.2, -0.15) is 0 Å². The van der Waals surface area contributed by atoms with Gasteiger partial charge in [0.2, 0.25) is 5.91 Å². The molecule has 4 heteroatoms. The van der Waals surface area contributed by atoms with Gasteiger partial charge in [-0.1, -0.05) is 6.07 Å². The second-order valence-corrected chi connectivity index (χ2v) is 3.94. The average molecular weight is 198 g/mol. The molecule has 1 aromatic rings. The molecule has 0 aliphatic heterocycles. The maximum absolute atomic E-state index is 11.0. The molecule has 0 saturated carbocycles. The molecule has 1 rings (SSSR count). The van der Waals surface area contributed by atoms with Crippen LogP contribution in [-0.4, -0.2) is 18.5 Å². The Kier molecular flexibility index (Phi) is 3.92. The molecular formula is C9H14N2OS. The lowest BCUT2D eigenvalue weighted by molar-refractivity contribution is -0.121. The SMILES string of the molecule is C[C@@H](N)C(=O)NCCc1cccs1. The van der Waals surface area contributed by atoms with Gasteiger partial charge in [0.15, 0.2) is 0 Å². The molecule has 0 spiro atoms. The Labute approximate surface area is 81.9 Å². The Morgan fingerprint density at radius 2 is 2.54 bits per heavy atom. The Morgan fingerprint density at radius 3 is 3.08 bits per heavy atom. The highest BCUT2D eigenvalue weighted by atomic mass is 32.1. The minimum Gasteiger partial charge on any atom is -0.354 e. The van der Waals surface area contributed by atoms with Crippen molar-refractivity contribution in [2.75, 3.05) is 6.54 Å². The van der Waals surface area contributed by atoms with Crippen molar-refractivity contribution in [3.8, 4) is 0 Å². The summed E-state index contributed by atoms with van der Waals surface area (Å²) in [7, 11) is 0. The zero-order chi connectivity index (χ0) is 9.68. The number of hydrogen-bond acceptors (Lipinski definition) is 3. The summed E-state index contributed by atoms with van der Waals surface area (Å²) < 4.78 is 0. The molecule has 0 fully saturated rings. The number of hydrogen-bond donors (Lipinski definition) is 2. The van der Waals surface area contributed by atoms with Crippen molar-refractivity contribution in [3.63, 3.8) is 0 Å². The minimum atomic E-state index is -0.414. The Balaban J connectivity index is 2.18. The van der Waals surface area contributed by atoms with Crippen LogP contribution in [-0.2, 0) is 11.2 Å². The molecule has 0 unspecified atom stereocenters. The fraction of sp³-hybridized carbons (Fsp3) is 0.444. The maximum atomic E-state index is 11.0. The van der Waals surface area contributed by atoms with Crippen LogP contribution in [0.5, 0.6) is 0 Å². The summed E-state index contributed by atoms with van der Waals surface area (Å²) in [4.78, 5) is 12.3. The fourth-order valence-electron chi connectivity index (χ4n) is 0.925. The number of nitrogens with one attached hydrogen (secondary N) is 1. The fourth-order valence-corrected chi connectivity index (χ4v) is 1.63. The molecule has 3 nitrogen and oxygen atoms in total. The molecule has 1 amide bonds. The van der Waals surface area contributed by atoms with Crippen LogP contribution in [0.4, 0.5) is 0 Å². The third kappa shape index (κ3) is 3.57. The second kappa shape index (κ2) is 4.99. The zero-order valence-electron chi connectivity index (χ0n) is 7.62. The largest absolute Gasteiger partial charge is 0.354 e. The number of carbonyl (C=O) groups excluding carboxylic acids is 1. The molecule has 1 aromatic heterocycles. The van der Waals surface area contributed by atoms with Gasteiger partial charge in [-0.3, -0.25) is 4.79 Å². The number of thiophene rings is 1. The molecule has 0 radical (unpaired) electrons. The van der Waals surface area contributed by atoms with Crippen LogP contribution in [0.15, 0.2) is 17.5 Å². The normalized spacial score (nSPS) is 12.5. The minimum absolute atomic E-state index is 0.0865. The Bertz CT molecular complexity index is 257. The van der Waals surface area contributed by atoms with E-state index in [-0.39, 0.29) is 5.91 Å². The number of amides is 1. The third-order valence-corrected chi connectivity index (χ3v) is 2.60. The first kappa shape index (κ1) is 10.2. The third-order valence-electron chi connectivity index (χ3n) is 1.66. The predicted molar refractivity (Wildman–Crippen MR) is 54.7 cm³/mol. The smallest absolute Gasteiger partial charge is 0.236 e. The van der Waals surface area contributed by atoms with Gasteiger partial charge in [0.1, 0.15) is 0 Å². The lowest BCUT2D eigenvalue weighted by atomic mass is 10.3. The van der Waals surface area contributed by atoms with E-state index in [0.29, 0.717) is 6.54 Å². The number of nitrogens with two attached hydrogens (primary N) is 1. The van der Waals surface area contributed by atoms with Crippen LogP contribution in [0.3, 0.4) is 0 Å². The summed E-state index contributed by atoms with van der Waals surface area (Å²) >= 11 is 1.70. The Hall–Kier alpha value is -0.870. The van der Waals surface area contributed by atoms with Crippen molar-refractivity contribution >= 4 is 17.2 Å². The van der Waals surface area contributed by atoms with Gasteiger partial charge < -0.3 is 11.1 Å². The summed E-state index contributed by atoms with van der Waals surface area (Å²) in [6.07, 6.45) is 0.885. The summed E-state index contributed by atoms with van der Waals surface area (Å²) in [5.41, 5.74) is 5.39. The van der Waals surface area contributed by atoms with Crippen LogP contribution in [0, 0.1) is 0 Å². The first-order valence-corrected chi connectivity index (χ1v) is 5.14. The van der Waals surface area contributed by atoms with Gasteiger partial charge in [-0.25, -0.2) is 0 Å². The van der Waals surface area contributed by atoms with Gasteiger partial charge in [-0.05, 0) is 24.8 Å². The van der Waals surface area contributed by atoms with Crippen LogP contribution >= 0.6 is 11.3 Å². The first-order chi connectivity index (χ1) is 6.20. The standard InChI is InChI=1S/C9H14N2OS/c1-7(10)9(12)11-5-4-8-3-2-6-13-8/h2-3,6-7H,4-5,10H2,1H3,(H,11,12)/t7-/m1/s1. The Morgan fingerprint density at radius 1 is 1.77 bits per heavy atom. The molecule has 0 bridgehead atoms. The summed E-state index contributed by atoms with van der Waals surface area (Å²) in [5, 5.41) is 4.79. The molecule has 1 heterocycles. The van der Waals surface area contributed by atoms with E-state index in [1.54, 1.807) is 18.3 Å². The highest BCUT2D eigenvalue weighted by Gasteiger charge is 2.05. The van der Waals surface area contributed by atoms with E-state index in [0.717, 1.165) is 6.42 Å². The topological polar surface area (TPSA) is 55.1 Å². The van der Waals surface area contributed by atoms with Crippen LogP contribution in [0.1, 0.15) is 11.8 Å². The van der Waals surface area contributed by atoms with E-state index in [1.165, 1.54) is 4.88 Å². The monoisotopic (exact) mass is 198 g/mol. The van der Waals surface area contributed by atoms with Gasteiger partial charge in [0, 0.05) is 11.4 Å². The highest BCUT2D eigenvalue weighted by Crippen LogP contribution is 2.07. The van der Waals surface area contributed by atoms with E-state index >= 15 is 0 Å². The second-order valence-electron chi connectivity index (χ2n) is 2.91. The molecule has 72 valence electrons. The van der Waals surface area contributed by atoms with Crippen molar-refractivity contribution < 1.29 is 4.79 Å². The quantitative estimate of drug-likeness (QED) is 0.750. The molecular weight excluding hydrogens is 184 g/mol. The van der Waals surface area contributed by atoms with E-state index in [2.05, 4.69) is 11.4 Å². The van der Waals surface area contributed by atoms with Crippen molar-refractivity contribution in [1.82, 2.24) is 5.32 Å². The van der Waals surface area contributed by atoms with Crippen molar-refractivity contribution in [2.45, 2.75) is 19.4 Å². The summed E-state index contributed by atoms with van der Waals surface area (Å²) in [5.74, 6) is -0.0865. The van der Waals surface area contributed by atoms with E-state index in [1.807, 2.05) is 11.4 Å². The predicted octanol–water partition coefficient (Wildman–Crippen LogP) is 0.754. The molecule has 0 saturated heterocycles. The van der Waals surface area contributed by atoms with E-state index < -0.39 is 6.04 Å². The average Bonchev–Trinajstić information content (AvgIpc) is 2.56. The van der Waals surface area contributed by atoms with Crippen LogP contribution in [0.2, 0.25) is 0 Å². The lowest BCUT2D eigenvalue weighted by Gasteiger charge is -2.06. The van der Waals surface area contributed by atoms with Gasteiger partial charge >= 0.3 is 0 Å². The first-order valence-electron chi connectivity index (χ1n) is 4.26. The van der Waals surface area contributed by atoms with Crippen molar-refractivity contribution in [3.05, 3.63) is 22.4 Å². The maximum Gasteiger partial charge on any atom is 0.236 e. The molecule has 0 aliphatic rings. The van der Waals surface area contributed by atoms with Crippen LogP contribution < -0.4 is 11.1 Å². The van der Waals surface area contributed by atoms with E-state index in [4.69, 9.17) is 5.73 Å². The summed E-state index contributed by atoms with van der Waals surface area (Å²) in [6, 6.07) is 3.65. The number of rotatable bonds is 4. The molecule has 0 aliphatic carbocycles. The van der Waals surface area contributed by atoms with Crippen LogP contribution in [0.25, 0.3) is 0 Å². The van der Waals surface area contributed by atoms with Gasteiger partial charge in [-0.15, -0.1) is 11.3 Å².